The zero-order valence-electron chi connectivity index (χ0n) is 9.13. The summed E-state index contributed by atoms with van der Waals surface area (Å²) in [5, 5.41) is 0.469. The third-order valence-electron chi connectivity index (χ3n) is 2.26. The first-order valence-electron chi connectivity index (χ1n) is 5.11. The minimum atomic E-state index is 0.0361. The molecule has 0 aliphatic rings. The van der Waals surface area contributed by atoms with Crippen molar-refractivity contribution in [3.05, 3.63) is 28.8 Å². The van der Waals surface area contributed by atoms with Crippen LogP contribution in [0.15, 0.2) is 18.2 Å². The number of methoxy groups -OCH3 is 1. The molecule has 0 aliphatic heterocycles. The molecule has 0 amide bonds. The molecule has 2 nitrogen and oxygen atoms in total. The Kier molecular flexibility index (Phi) is 5.64. The number of alkyl halides is 1. The Morgan fingerprint density at radius 3 is 2.75 bits per heavy atom. The van der Waals surface area contributed by atoms with Crippen molar-refractivity contribution in [3.8, 4) is 5.75 Å². The average Bonchev–Trinajstić information content (AvgIpc) is 2.30. The fourth-order valence-corrected chi connectivity index (χ4v) is 1.77. The predicted octanol–water partition coefficient (Wildman–Crippen LogP) is 3.94. The highest BCUT2D eigenvalue weighted by molar-refractivity contribution is 6.34. The molecule has 1 aromatic rings. The number of carbonyl (C=O) groups is 1. The maximum atomic E-state index is 11.8. The summed E-state index contributed by atoms with van der Waals surface area (Å²) in [5.41, 5.74) is 0.524. The minimum absolute atomic E-state index is 0.0361. The Labute approximate surface area is 106 Å². The average molecular weight is 261 g/mol. The van der Waals surface area contributed by atoms with Crippen molar-refractivity contribution in [1.29, 1.82) is 0 Å². The molecule has 0 heterocycles. The summed E-state index contributed by atoms with van der Waals surface area (Å²) in [4.78, 5) is 11.8. The quantitative estimate of drug-likeness (QED) is 0.440. The van der Waals surface area contributed by atoms with Crippen molar-refractivity contribution >= 4 is 29.0 Å². The topological polar surface area (TPSA) is 26.3 Å². The van der Waals surface area contributed by atoms with E-state index in [-0.39, 0.29) is 5.78 Å². The first kappa shape index (κ1) is 13.3. The van der Waals surface area contributed by atoms with Crippen molar-refractivity contribution in [2.45, 2.75) is 19.3 Å². The van der Waals surface area contributed by atoms with Gasteiger partial charge in [-0.3, -0.25) is 4.79 Å². The molecule has 0 unspecified atom stereocenters. The lowest BCUT2D eigenvalue weighted by Gasteiger charge is -2.06. The molecule has 4 heteroatoms. The molecular weight excluding hydrogens is 247 g/mol. The SMILES string of the molecule is COc1ccc(Cl)c(C(=O)CCCCCl)c1. The molecule has 0 aromatic heterocycles. The first-order chi connectivity index (χ1) is 7.69. The molecule has 0 spiro atoms. The summed E-state index contributed by atoms with van der Waals surface area (Å²) in [6.07, 6.45) is 2.10. The van der Waals surface area contributed by atoms with E-state index in [1.54, 1.807) is 25.3 Å². The molecule has 0 N–H and O–H groups in total. The van der Waals surface area contributed by atoms with Gasteiger partial charge in [0, 0.05) is 17.9 Å². The number of halogens is 2. The zero-order chi connectivity index (χ0) is 12.0. The maximum Gasteiger partial charge on any atom is 0.164 e. The Morgan fingerprint density at radius 1 is 1.38 bits per heavy atom. The van der Waals surface area contributed by atoms with Gasteiger partial charge in [-0.05, 0) is 31.0 Å². The van der Waals surface area contributed by atoms with Crippen LogP contribution in [0.5, 0.6) is 5.75 Å². The minimum Gasteiger partial charge on any atom is -0.497 e. The van der Waals surface area contributed by atoms with Crippen LogP contribution in [0.1, 0.15) is 29.6 Å². The zero-order valence-corrected chi connectivity index (χ0v) is 10.6. The Morgan fingerprint density at radius 2 is 2.12 bits per heavy atom. The molecule has 0 atom stereocenters. The van der Waals surface area contributed by atoms with E-state index in [9.17, 15) is 4.79 Å². The number of hydrogen-bond acceptors (Lipinski definition) is 2. The van der Waals surface area contributed by atoms with Gasteiger partial charge in [-0.25, -0.2) is 0 Å². The summed E-state index contributed by atoms with van der Waals surface area (Å²) in [6.45, 7) is 0. The van der Waals surface area contributed by atoms with E-state index in [1.807, 2.05) is 0 Å². The number of rotatable bonds is 6. The van der Waals surface area contributed by atoms with Gasteiger partial charge in [-0.15, -0.1) is 11.6 Å². The van der Waals surface area contributed by atoms with Gasteiger partial charge in [0.05, 0.1) is 12.1 Å². The van der Waals surface area contributed by atoms with E-state index < -0.39 is 0 Å². The lowest BCUT2D eigenvalue weighted by atomic mass is 10.1. The third-order valence-corrected chi connectivity index (χ3v) is 2.86. The molecule has 1 rings (SSSR count). The molecule has 16 heavy (non-hydrogen) atoms. The fraction of sp³-hybridized carbons (Fsp3) is 0.417. The molecule has 0 saturated heterocycles. The highest BCUT2D eigenvalue weighted by Gasteiger charge is 2.11. The van der Waals surface area contributed by atoms with Crippen LogP contribution in [0.2, 0.25) is 5.02 Å². The first-order valence-corrected chi connectivity index (χ1v) is 6.03. The van der Waals surface area contributed by atoms with Crippen molar-refractivity contribution in [1.82, 2.24) is 0 Å². The van der Waals surface area contributed by atoms with Gasteiger partial charge in [0.15, 0.2) is 5.78 Å². The van der Waals surface area contributed by atoms with Gasteiger partial charge >= 0.3 is 0 Å². The van der Waals surface area contributed by atoms with E-state index in [0.717, 1.165) is 12.8 Å². The number of ketones is 1. The predicted molar refractivity (Wildman–Crippen MR) is 66.9 cm³/mol. The van der Waals surface area contributed by atoms with Gasteiger partial charge in [0.25, 0.3) is 0 Å². The van der Waals surface area contributed by atoms with Gasteiger partial charge in [-0.2, -0.15) is 0 Å². The van der Waals surface area contributed by atoms with Crippen molar-refractivity contribution in [2.24, 2.45) is 0 Å². The third kappa shape index (κ3) is 3.69. The van der Waals surface area contributed by atoms with E-state index in [2.05, 4.69) is 0 Å². The van der Waals surface area contributed by atoms with Crippen LogP contribution < -0.4 is 4.74 Å². The van der Waals surface area contributed by atoms with Gasteiger partial charge in [0.2, 0.25) is 0 Å². The Hall–Kier alpha value is -0.730. The largest absolute Gasteiger partial charge is 0.497 e. The monoisotopic (exact) mass is 260 g/mol. The molecule has 1 aromatic carbocycles. The molecule has 0 aliphatic carbocycles. The van der Waals surface area contributed by atoms with Crippen LogP contribution in [0.3, 0.4) is 0 Å². The van der Waals surface area contributed by atoms with Gasteiger partial charge < -0.3 is 4.74 Å². The Balaban J connectivity index is 2.73. The number of ether oxygens (including phenoxy) is 1. The van der Waals surface area contributed by atoms with E-state index in [1.165, 1.54) is 0 Å². The van der Waals surface area contributed by atoms with E-state index in [0.29, 0.717) is 28.6 Å². The van der Waals surface area contributed by atoms with Gasteiger partial charge in [-0.1, -0.05) is 11.6 Å². The summed E-state index contributed by atoms with van der Waals surface area (Å²) in [6, 6.07) is 5.08. The second kappa shape index (κ2) is 6.77. The Bertz CT molecular complexity index is 364. The van der Waals surface area contributed by atoms with Crippen LogP contribution in [0.25, 0.3) is 0 Å². The highest BCUT2D eigenvalue weighted by atomic mass is 35.5. The second-order valence-electron chi connectivity index (χ2n) is 3.42. The van der Waals surface area contributed by atoms with Crippen molar-refractivity contribution in [2.75, 3.05) is 13.0 Å². The van der Waals surface area contributed by atoms with Crippen LogP contribution in [-0.2, 0) is 0 Å². The smallest absolute Gasteiger partial charge is 0.164 e. The lowest BCUT2D eigenvalue weighted by Crippen LogP contribution is -2.00. The lowest BCUT2D eigenvalue weighted by molar-refractivity contribution is 0.0979. The van der Waals surface area contributed by atoms with Crippen molar-refractivity contribution < 1.29 is 9.53 Å². The highest BCUT2D eigenvalue weighted by Crippen LogP contribution is 2.23. The number of benzene rings is 1. The van der Waals surface area contributed by atoms with Crippen LogP contribution in [-0.4, -0.2) is 18.8 Å². The molecule has 0 saturated carbocycles. The molecule has 0 fully saturated rings. The van der Waals surface area contributed by atoms with Crippen molar-refractivity contribution in [3.63, 3.8) is 0 Å². The standard InChI is InChI=1S/C12H14Cl2O2/c1-16-9-5-6-11(14)10(8-9)12(15)4-2-3-7-13/h5-6,8H,2-4,7H2,1H3. The summed E-state index contributed by atoms with van der Waals surface area (Å²) >= 11 is 11.5. The van der Waals surface area contributed by atoms with E-state index >= 15 is 0 Å². The fourth-order valence-electron chi connectivity index (χ4n) is 1.36. The van der Waals surface area contributed by atoms with E-state index in [4.69, 9.17) is 27.9 Å². The number of Topliss-reactive ketones (excluding diaryl/α,β-unsaturated/α-hetero) is 1. The number of carbonyl (C=O) groups excluding carboxylic acids is 1. The number of unbranched alkanes of at least 4 members (excludes halogenated alkanes) is 1. The van der Waals surface area contributed by atoms with Crippen LogP contribution in [0.4, 0.5) is 0 Å². The van der Waals surface area contributed by atoms with Crippen LogP contribution >= 0.6 is 23.2 Å². The van der Waals surface area contributed by atoms with Crippen LogP contribution in [0, 0.1) is 0 Å². The normalized spacial score (nSPS) is 10.2. The molecule has 0 radical (unpaired) electrons. The maximum absolute atomic E-state index is 11.8. The summed E-state index contributed by atoms with van der Waals surface area (Å²) in [7, 11) is 1.56. The molecular formula is C12H14Cl2O2. The summed E-state index contributed by atoms with van der Waals surface area (Å²) < 4.78 is 5.05. The number of hydrogen-bond donors (Lipinski definition) is 0. The summed E-state index contributed by atoms with van der Waals surface area (Å²) in [5.74, 6) is 1.26. The molecule has 88 valence electrons. The second-order valence-corrected chi connectivity index (χ2v) is 4.20. The molecule has 0 bridgehead atoms. The van der Waals surface area contributed by atoms with Gasteiger partial charge in [0.1, 0.15) is 5.75 Å².